The number of aromatic nitrogens is 3. The maximum Gasteiger partial charge on any atom is 0.208 e. The van der Waals surface area contributed by atoms with Crippen molar-refractivity contribution in [2.45, 2.75) is 37.4 Å². The number of hydrogen-bond acceptors (Lipinski definition) is 4. The Morgan fingerprint density at radius 1 is 1.14 bits per heavy atom. The van der Waals surface area contributed by atoms with E-state index in [0.29, 0.717) is 6.04 Å². The molecule has 5 heteroatoms. The third-order valence-corrected chi connectivity index (χ3v) is 4.80. The van der Waals surface area contributed by atoms with Crippen LogP contribution in [-0.4, -0.2) is 39.4 Å². The van der Waals surface area contributed by atoms with Crippen LogP contribution in [0.3, 0.4) is 0 Å². The summed E-state index contributed by atoms with van der Waals surface area (Å²) in [6.07, 6.45) is 6.03. The first kappa shape index (κ1) is 14.6. The first-order chi connectivity index (χ1) is 10.3. The first-order valence-corrected chi connectivity index (χ1v) is 8.81. The van der Waals surface area contributed by atoms with Crippen LogP contribution in [0.15, 0.2) is 29.4 Å². The van der Waals surface area contributed by atoms with E-state index in [4.69, 9.17) is 0 Å². The molecule has 1 aliphatic rings. The van der Waals surface area contributed by atoms with Gasteiger partial charge >= 0.3 is 0 Å². The lowest BCUT2D eigenvalue weighted by Crippen LogP contribution is -2.32. The monoisotopic (exact) mass is 302 g/mol. The molecule has 0 radical (unpaired) electrons. The highest BCUT2D eigenvalue weighted by Gasteiger charge is 2.18. The minimum absolute atomic E-state index is 0.496. The van der Waals surface area contributed by atoms with E-state index in [0.717, 1.165) is 16.5 Å². The molecular weight excluding hydrogens is 280 g/mol. The van der Waals surface area contributed by atoms with Crippen molar-refractivity contribution in [3.63, 3.8) is 0 Å². The number of nitrogens with zero attached hydrogens (tertiary/aromatic N) is 3. The van der Waals surface area contributed by atoms with Crippen molar-refractivity contribution in [3.8, 4) is 11.4 Å². The Morgan fingerprint density at radius 2 is 1.86 bits per heavy atom. The van der Waals surface area contributed by atoms with Gasteiger partial charge < -0.3 is 0 Å². The topological polar surface area (TPSA) is 44.8 Å². The Bertz CT molecular complexity index is 572. The molecule has 1 aromatic carbocycles. The normalized spacial score (nSPS) is 17.8. The van der Waals surface area contributed by atoms with Gasteiger partial charge in [-0.1, -0.05) is 42.4 Å². The number of benzene rings is 1. The lowest BCUT2D eigenvalue weighted by Gasteiger charge is -2.32. The van der Waals surface area contributed by atoms with Crippen LogP contribution in [0.25, 0.3) is 11.4 Å². The molecule has 112 valence electrons. The van der Waals surface area contributed by atoms with Gasteiger partial charge in [0.05, 0.1) is 0 Å². The predicted octanol–water partition coefficient (Wildman–Crippen LogP) is 3.74. The van der Waals surface area contributed by atoms with Crippen LogP contribution >= 0.6 is 11.8 Å². The number of rotatable bonds is 4. The van der Waals surface area contributed by atoms with Crippen molar-refractivity contribution in [3.05, 3.63) is 29.8 Å². The summed E-state index contributed by atoms with van der Waals surface area (Å²) in [5, 5.41) is 7.94. The van der Waals surface area contributed by atoms with Crippen LogP contribution in [0.1, 0.15) is 37.8 Å². The second-order valence-corrected chi connectivity index (χ2v) is 6.34. The smallest absolute Gasteiger partial charge is 0.208 e. The fourth-order valence-electron chi connectivity index (χ4n) is 2.90. The maximum absolute atomic E-state index is 4.45. The van der Waals surface area contributed by atoms with Gasteiger partial charge in [-0.2, -0.15) is 0 Å². The summed E-state index contributed by atoms with van der Waals surface area (Å²) in [4.78, 5) is 7.03. The molecular formula is C16H22N4S. The minimum atomic E-state index is 0.496. The second kappa shape index (κ2) is 6.62. The van der Waals surface area contributed by atoms with Crippen LogP contribution in [-0.2, 0) is 0 Å². The van der Waals surface area contributed by atoms with E-state index < -0.39 is 0 Å². The quantitative estimate of drug-likeness (QED) is 0.874. The molecule has 1 fully saturated rings. The zero-order chi connectivity index (χ0) is 14.7. The van der Waals surface area contributed by atoms with Gasteiger partial charge in [-0.15, -0.1) is 5.10 Å². The summed E-state index contributed by atoms with van der Waals surface area (Å²) < 4.78 is 0. The van der Waals surface area contributed by atoms with Crippen LogP contribution < -0.4 is 0 Å². The molecule has 2 heterocycles. The number of H-pyrrole nitrogens is 1. The molecule has 0 aliphatic carbocycles. The highest BCUT2D eigenvalue weighted by molar-refractivity contribution is 7.98. The summed E-state index contributed by atoms with van der Waals surface area (Å²) >= 11 is 1.55. The molecule has 0 bridgehead atoms. The van der Waals surface area contributed by atoms with Crippen molar-refractivity contribution >= 4 is 11.8 Å². The molecule has 0 saturated carbocycles. The first-order valence-electron chi connectivity index (χ1n) is 7.58. The molecule has 1 N–H and O–H groups in total. The van der Waals surface area contributed by atoms with Crippen molar-refractivity contribution in [1.29, 1.82) is 0 Å². The molecule has 1 saturated heterocycles. The maximum atomic E-state index is 4.45. The van der Waals surface area contributed by atoms with E-state index >= 15 is 0 Å². The largest absolute Gasteiger partial charge is 0.297 e. The number of piperidine rings is 1. The van der Waals surface area contributed by atoms with Gasteiger partial charge in [-0.05, 0) is 44.7 Å². The van der Waals surface area contributed by atoms with Gasteiger partial charge in [-0.3, -0.25) is 10.00 Å². The fourth-order valence-corrected chi connectivity index (χ4v) is 3.22. The van der Waals surface area contributed by atoms with Gasteiger partial charge in [0, 0.05) is 11.6 Å². The molecule has 21 heavy (non-hydrogen) atoms. The summed E-state index contributed by atoms with van der Waals surface area (Å²) in [5.41, 5.74) is 2.47. The average molecular weight is 302 g/mol. The van der Waals surface area contributed by atoms with E-state index in [9.17, 15) is 0 Å². The zero-order valence-corrected chi connectivity index (χ0v) is 13.5. The van der Waals surface area contributed by atoms with Crippen molar-refractivity contribution in [2.75, 3.05) is 19.3 Å². The summed E-state index contributed by atoms with van der Waals surface area (Å²) in [6, 6.07) is 9.21. The molecule has 1 aromatic heterocycles. The number of thioether (sulfide) groups is 1. The van der Waals surface area contributed by atoms with E-state index in [1.807, 2.05) is 6.26 Å². The standard InChI is InChI=1S/C16H22N4S/c1-12(20-10-4-3-5-11-20)13-6-8-14(9-7-13)15-17-16(21-2)19-18-15/h6-9,12H,3-5,10-11H2,1-2H3,(H,17,18,19)/t12-/m1/s1. The molecule has 0 amide bonds. The van der Waals surface area contributed by atoms with Gasteiger partial charge in [-0.25, -0.2) is 4.98 Å². The number of hydrogen-bond donors (Lipinski definition) is 1. The SMILES string of the molecule is CSc1n[nH]c(-c2ccc([C@@H](C)N3CCCCC3)cc2)n1. The van der Waals surface area contributed by atoms with Gasteiger partial charge in [0.15, 0.2) is 5.82 Å². The zero-order valence-electron chi connectivity index (χ0n) is 12.7. The summed E-state index contributed by atoms with van der Waals surface area (Å²) in [6.45, 7) is 4.75. The highest BCUT2D eigenvalue weighted by atomic mass is 32.2. The number of likely N-dealkylation sites (tertiary alicyclic amines) is 1. The Balaban J connectivity index is 1.73. The molecule has 3 rings (SSSR count). The molecule has 4 nitrogen and oxygen atoms in total. The van der Waals surface area contributed by atoms with E-state index in [1.165, 1.54) is 37.9 Å². The average Bonchev–Trinajstić information content (AvgIpc) is 3.04. The summed E-state index contributed by atoms with van der Waals surface area (Å²) in [7, 11) is 0. The van der Waals surface area contributed by atoms with Crippen molar-refractivity contribution < 1.29 is 0 Å². The third-order valence-electron chi connectivity index (χ3n) is 4.25. The van der Waals surface area contributed by atoms with Crippen LogP contribution in [0.5, 0.6) is 0 Å². The van der Waals surface area contributed by atoms with Crippen molar-refractivity contribution in [2.24, 2.45) is 0 Å². The van der Waals surface area contributed by atoms with E-state index in [1.54, 1.807) is 11.8 Å². The van der Waals surface area contributed by atoms with Gasteiger partial charge in [0.1, 0.15) is 0 Å². The molecule has 0 spiro atoms. The van der Waals surface area contributed by atoms with E-state index in [2.05, 4.69) is 51.3 Å². The van der Waals surface area contributed by atoms with Gasteiger partial charge in [0.2, 0.25) is 5.16 Å². The van der Waals surface area contributed by atoms with Gasteiger partial charge in [0.25, 0.3) is 0 Å². The number of aromatic amines is 1. The fraction of sp³-hybridized carbons (Fsp3) is 0.500. The second-order valence-electron chi connectivity index (χ2n) is 5.57. The molecule has 1 aliphatic heterocycles. The molecule has 0 unspecified atom stereocenters. The van der Waals surface area contributed by atoms with Crippen molar-refractivity contribution in [1.82, 2.24) is 20.1 Å². The Morgan fingerprint density at radius 3 is 2.48 bits per heavy atom. The minimum Gasteiger partial charge on any atom is -0.297 e. The lowest BCUT2D eigenvalue weighted by molar-refractivity contribution is 0.175. The van der Waals surface area contributed by atoms with Crippen LogP contribution in [0.4, 0.5) is 0 Å². The molecule has 1 atom stereocenters. The Kier molecular flexibility index (Phi) is 4.60. The molecule has 2 aromatic rings. The van der Waals surface area contributed by atoms with Crippen LogP contribution in [0.2, 0.25) is 0 Å². The Labute approximate surface area is 130 Å². The number of nitrogens with one attached hydrogen (secondary N) is 1. The lowest BCUT2D eigenvalue weighted by atomic mass is 10.0. The highest BCUT2D eigenvalue weighted by Crippen LogP contribution is 2.26. The third kappa shape index (κ3) is 3.30. The summed E-state index contributed by atoms with van der Waals surface area (Å²) in [5.74, 6) is 0.844. The van der Waals surface area contributed by atoms with E-state index in [-0.39, 0.29) is 0 Å². The predicted molar refractivity (Wildman–Crippen MR) is 87.4 cm³/mol. The Hall–Kier alpha value is -1.33. The van der Waals surface area contributed by atoms with Crippen LogP contribution in [0, 0.1) is 0 Å².